The maximum absolute atomic E-state index is 6.37. The van der Waals surface area contributed by atoms with Gasteiger partial charge in [-0.1, -0.05) is 27.2 Å². The summed E-state index contributed by atoms with van der Waals surface area (Å²) in [4.78, 5) is 0. The monoisotopic (exact) mass is 253 g/mol. The zero-order chi connectivity index (χ0) is 13.1. The number of rotatable bonds is 3. The second kappa shape index (κ2) is 6.38. The molecule has 0 aromatic carbocycles. The fourth-order valence-corrected chi connectivity index (χ4v) is 3.63. The Morgan fingerprint density at radius 2 is 1.78 bits per heavy atom. The third-order valence-electron chi connectivity index (χ3n) is 5.45. The molecule has 0 amide bonds. The second-order valence-electron chi connectivity index (χ2n) is 6.82. The van der Waals surface area contributed by atoms with Gasteiger partial charge in [-0.3, -0.25) is 0 Å². The van der Waals surface area contributed by atoms with Gasteiger partial charge in [0.25, 0.3) is 0 Å². The second-order valence-corrected chi connectivity index (χ2v) is 6.82. The Kier molecular flexibility index (Phi) is 5.08. The minimum atomic E-state index is 0.280. The van der Waals surface area contributed by atoms with Crippen molar-refractivity contribution in [3.05, 3.63) is 0 Å². The fraction of sp³-hybridized carbons (Fsp3) is 1.00. The molecule has 2 nitrogen and oxygen atoms in total. The summed E-state index contributed by atoms with van der Waals surface area (Å²) in [6.45, 7) is 7.04. The molecular formula is C16H31NO. The molecule has 0 radical (unpaired) electrons. The van der Waals surface area contributed by atoms with Gasteiger partial charge in [0, 0.05) is 6.04 Å². The van der Waals surface area contributed by atoms with Gasteiger partial charge in [-0.05, 0) is 56.3 Å². The molecule has 2 saturated carbocycles. The predicted molar refractivity (Wildman–Crippen MR) is 76.4 cm³/mol. The standard InChI is InChI=1S/C16H31NO/c1-4-13-6-8-15(17)16(10-13)18-14-7-5-11(2)12(3)9-14/h11-16H,4-10,17H2,1-3H3. The predicted octanol–water partition coefficient (Wildman–Crippen LogP) is 3.73. The summed E-state index contributed by atoms with van der Waals surface area (Å²) in [6.07, 6.45) is 9.54. The van der Waals surface area contributed by atoms with Gasteiger partial charge in [0.15, 0.2) is 0 Å². The van der Waals surface area contributed by atoms with Gasteiger partial charge < -0.3 is 10.5 Å². The number of nitrogens with two attached hydrogens (primary N) is 1. The highest BCUT2D eigenvalue weighted by molar-refractivity contribution is 4.85. The van der Waals surface area contributed by atoms with Gasteiger partial charge in [0.05, 0.1) is 12.2 Å². The van der Waals surface area contributed by atoms with E-state index in [9.17, 15) is 0 Å². The Bertz CT molecular complexity index is 255. The van der Waals surface area contributed by atoms with E-state index < -0.39 is 0 Å². The first kappa shape index (κ1) is 14.3. The van der Waals surface area contributed by atoms with E-state index in [1.165, 1.54) is 38.5 Å². The molecular weight excluding hydrogens is 222 g/mol. The van der Waals surface area contributed by atoms with Crippen molar-refractivity contribution in [3.63, 3.8) is 0 Å². The van der Waals surface area contributed by atoms with Crippen LogP contribution in [0.3, 0.4) is 0 Å². The van der Waals surface area contributed by atoms with E-state index in [0.29, 0.717) is 12.2 Å². The molecule has 0 aromatic heterocycles. The quantitative estimate of drug-likeness (QED) is 0.831. The van der Waals surface area contributed by atoms with Crippen LogP contribution in [0.1, 0.15) is 65.7 Å². The lowest BCUT2D eigenvalue weighted by Gasteiger charge is -2.39. The Morgan fingerprint density at radius 3 is 2.44 bits per heavy atom. The Balaban J connectivity index is 1.84. The molecule has 18 heavy (non-hydrogen) atoms. The van der Waals surface area contributed by atoms with Gasteiger partial charge in [-0.15, -0.1) is 0 Å². The van der Waals surface area contributed by atoms with Crippen molar-refractivity contribution in [3.8, 4) is 0 Å². The van der Waals surface area contributed by atoms with Gasteiger partial charge >= 0.3 is 0 Å². The van der Waals surface area contributed by atoms with Crippen LogP contribution in [-0.4, -0.2) is 18.2 Å². The Morgan fingerprint density at radius 1 is 1.00 bits per heavy atom. The molecule has 6 atom stereocenters. The molecule has 0 aliphatic heterocycles. The third kappa shape index (κ3) is 3.48. The number of hydrogen-bond donors (Lipinski definition) is 1. The van der Waals surface area contributed by atoms with Crippen molar-refractivity contribution in [1.29, 1.82) is 0 Å². The highest BCUT2D eigenvalue weighted by Crippen LogP contribution is 2.34. The molecule has 2 heteroatoms. The summed E-state index contributed by atoms with van der Waals surface area (Å²) in [7, 11) is 0. The van der Waals surface area contributed by atoms with E-state index in [1.807, 2.05) is 0 Å². The normalized spacial score (nSPS) is 46.0. The van der Waals surface area contributed by atoms with Crippen molar-refractivity contribution in [2.45, 2.75) is 84.0 Å². The average molecular weight is 253 g/mol. The molecule has 0 heterocycles. The molecule has 0 spiro atoms. The van der Waals surface area contributed by atoms with Crippen molar-refractivity contribution >= 4 is 0 Å². The summed E-state index contributed by atoms with van der Waals surface area (Å²) in [5.74, 6) is 2.52. The molecule has 2 aliphatic carbocycles. The van der Waals surface area contributed by atoms with Crippen LogP contribution < -0.4 is 5.73 Å². The van der Waals surface area contributed by atoms with E-state index >= 15 is 0 Å². The highest BCUT2D eigenvalue weighted by Gasteiger charge is 2.32. The van der Waals surface area contributed by atoms with Crippen molar-refractivity contribution in [2.24, 2.45) is 23.5 Å². The first-order chi connectivity index (χ1) is 8.60. The van der Waals surface area contributed by atoms with Gasteiger partial charge in [0.1, 0.15) is 0 Å². The molecule has 2 rings (SSSR count). The smallest absolute Gasteiger partial charge is 0.0732 e. The Labute approximate surface area is 113 Å². The van der Waals surface area contributed by atoms with E-state index in [-0.39, 0.29) is 6.04 Å². The van der Waals surface area contributed by atoms with E-state index in [1.54, 1.807) is 0 Å². The summed E-state index contributed by atoms with van der Waals surface area (Å²) >= 11 is 0. The maximum Gasteiger partial charge on any atom is 0.0732 e. The molecule has 2 aliphatic rings. The van der Waals surface area contributed by atoms with E-state index in [0.717, 1.165) is 24.2 Å². The number of ether oxygens (including phenoxy) is 1. The van der Waals surface area contributed by atoms with Crippen LogP contribution in [0.25, 0.3) is 0 Å². The van der Waals surface area contributed by atoms with Crippen LogP contribution >= 0.6 is 0 Å². The molecule has 0 bridgehead atoms. The number of hydrogen-bond acceptors (Lipinski definition) is 2. The topological polar surface area (TPSA) is 35.2 Å². The third-order valence-corrected chi connectivity index (χ3v) is 5.45. The largest absolute Gasteiger partial charge is 0.373 e. The first-order valence-electron chi connectivity index (χ1n) is 8.01. The lowest BCUT2D eigenvalue weighted by atomic mass is 9.79. The van der Waals surface area contributed by atoms with E-state index in [4.69, 9.17) is 10.5 Å². The summed E-state index contributed by atoms with van der Waals surface area (Å²) < 4.78 is 6.37. The molecule has 6 unspecified atom stereocenters. The van der Waals surface area contributed by atoms with Crippen LogP contribution in [0.5, 0.6) is 0 Å². The summed E-state index contributed by atoms with van der Waals surface area (Å²) in [5.41, 5.74) is 6.25. The van der Waals surface area contributed by atoms with Crippen LogP contribution in [-0.2, 0) is 4.74 Å². The van der Waals surface area contributed by atoms with Crippen molar-refractivity contribution < 1.29 is 4.74 Å². The molecule has 0 saturated heterocycles. The Hall–Kier alpha value is -0.0800. The first-order valence-corrected chi connectivity index (χ1v) is 8.01. The minimum absolute atomic E-state index is 0.280. The van der Waals surface area contributed by atoms with Gasteiger partial charge in [-0.25, -0.2) is 0 Å². The molecule has 106 valence electrons. The molecule has 2 N–H and O–H groups in total. The SMILES string of the molecule is CCC1CCC(N)C(OC2CCC(C)C(C)C2)C1. The van der Waals surface area contributed by atoms with Crippen molar-refractivity contribution in [2.75, 3.05) is 0 Å². The van der Waals surface area contributed by atoms with Crippen LogP contribution in [0.15, 0.2) is 0 Å². The lowest BCUT2D eigenvalue weighted by molar-refractivity contribution is -0.0763. The van der Waals surface area contributed by atoms with Crippen LogP contribution in [0.2, 0.25) is 0 Å². The van der Waals surface area contributed by atoms with E-state index in [2.05, 4.69) is 20.8 Å². The molecule has 2 fully saturated rings. The van der Waals surface area contributed by atoms with Crippen LogP contribution in [0, 0.1) is 17.8 Å². The highest BCUT2D eigenvalue weighted by atomic mass is 16.5. The zero-order valence-corrected chi connectivity index (χ0v) is 12.4. The van der Waals surface area contributed by atoms with Crippen molar-refractivity contribution in [1.82, 2.24) is 0 Å². The minimum Gasteiger partial charge on any atom is -0.373 e. The van der Waals surface area contributed by atoms with Gasteiger partial charge in [-0.2, -0.15) is 0 Å². The lowest BCUT2D eigenvalue weighted by Crippen LogP contribution is -2.44. The summed E-state index contributed by atoms with van der Waals surface area (Å²) in [5, 5.41) is 0. The fourth-order valence-electron chi connectivity index (χ4n) is 3.63. The zero-order valence-electron chi connectivity index (χ0n) is 12.4. The maximum atomic E-state index is 6.37. The summed E-state index contributed by atoms with van der Waals surface area (Å²) in [6, 6.07) is 0.280. The molecule has 0 aromatic rings. The average Bonchev–Trinajstić information content (AvgIpc) is 2.36. The van der Waals surface area contributed by atoms with Crippen LogP contribution in [0.4, 0.5) is 0 Å². The van der Waals surface area contributed by atoms with Gasteiger partial charge in [0.2, 0.25) is 0 Å².